The molecular weight excluding hydrogens is 283 g/mol. The minimum Gasteiger partial charge on any atom is -0.324 e. The molecule has 0 unspecified atom stereocenters. The summed E-state index contributed by atoms with van der Waals surface area (Å²) in [4.78, 5) is 24.3. The number of nitrogens with zero attached hydrogens (tertiary/aromatic N) is 1. The van der Waals surface area contributed by atoms with Crippen LogP contribution in [0.3, 0.4) is 0 Å². The topological polar surface area (TPSA) is 70.0 Å². The summed E-state index contributed by atoms with van der Waals surface area (Å²) in [5.41, 5.74) is 1.48. The van der Waals surface area contributed by atoms with Crippen molar-refractivity contribution in [3.63, 3.8) is 0 Å². The van der Waals surface area contributed by atoms with Crippen molar-refractivity contribution in [3.05, 3.63) is 65.5 Å². The molecule has 4 nitrogen and oxygen atoms in total. The minimum absolute atomic E-state index is 0.118. The van der Waals surface area contributed by atoms with E-state index in [1.165, 1.54) is 12.1 Å². The maximum atomic E-state index is 12.9. The number of hydrogen-bond acceptors (Lipinski definition) is 3. The number of halogens is 1. The van der Waals surface area contributed by atoms with Crippen molar-refractivity contribution in [2.45, 2.75) is 6.92 Å². The molecule has 0 aromatic heterocycles. The monoisotopic (exact) mass is 296 g/mol. The molecule has 22 heavy (non-hydrogen) atoms. The molecule has 1 N–H and O–H groups in total. The van der Waals surface area contributed by atoms with Crippen LogP contribution in [-0.2, 0) is 4.79 Å². The molecule has 0 aliphatic rings. The average molecular weight is 296 g/mol. The second kappa shape index (κ2) is 6.64. The second-order valence-corrected chi connectivity index (χ2v) is 4.74. The van der Waals surface area contributed by atoms with Crippen molar-refractivity contribution in [3.8, 4) is 6.07 Å². The SMILES string of the molecule is Cc1ccccc1NC(=O)[C@@H](C#N)C(=O)c1ccc(F)cc1. The number of anilines is 1. The van der Waals surface area contributed by atoms with Crippen LogP contribution in [0.15, 0.2) is 48.5 Å². The third kappa shape index (κ3) is 3.36. The number of para-hydroxylation sites is 1. The Labute approximate surface area is 127 Å². The van der Waals surface area contributed by atoms with E-state index < -0.39 is 23.4 Å². The lowest BCUT2D eigenvalue weighted by Crippen LogP contribution is -2.29. The molecule has 110 valence electrons. The van der Waals surface area contributed by atoms with Gasteiger partial charge in [0.15, 0.2) is 11.7 Å². The number of nitriles is 1. The predicted octanol–water partition coefficient (Wildman–Crippen LogP) is 3.10. The van der Waals surface area contributed by atoms with Crippen molar-refractivity contribution >= 4 is 17.4 Å². The minimum atomic E-state index is -1.48. The first-order valence-electron chi connectivity index (χ1n) is 6.59. The second-order valence-electron chi connectivity index (χ2n) is 4.74. The summed E-state index contributed by atoms with van der Waals surface area (Å²) in [5.74, 6) is -3.33. The average Bonchev–Trinajstić information content (AvgIpc) is 2.51. The standard InChI is InChI=1S/C17H13FN2O2/c1-11-4-2-3-5-15(11)20-17(22)14(10-19)16(21)12-6-8-13(18)9-7-12/h2-9,14H,1H3,(H,20,22)/t14-/m0/s1. The Hall–Kier alpha value is -3.00. The summed E-state index contributed by atoms with van der Waals surface area (Å²) in [7, 11) is 0. The normalized spacial score (nSPS) is 11.3. The molecule has 0 aliphatic heterocycles. The smallest absolute Gasteiger partial charge is 0.249 e. The number of aryl methyl sites for hydroxylation is 1. The molecule has 1 amide bonds. The Kier molecular flexibility index (Phi) is 4.64. The van der Waals surface area contributed by atoms with E-state index in [-0.39, 0.29) is 5.56 Å². The van der Waals surface area contributed by atoms with E-state index in [0.29, 0.717) is 5.69 Å². The largest absolute Gasteiger partial charge is 0.324 e. The Balaban J connectivity index is 2.19. The van der Waals surface area contributed by atoms with Gasteiger partial charge < -0.3 is 5.32 Å². The van der Waals surface area contributed by atoms with Crippen molar-refractivity contribution < 1.29 is 14.0 Å². The molecule has 0 radical (unpaired) electrons. The van der Waals surface area contributed by atoms with Gasteiger partial charge in [-0.05, 0) is 42.8 Å². The molecule has 0 saturated heterocycles. The van der Waals surface area contributed by atoms with Crippen LogP contribution in [0.2, 0.25) is 0 Å². The van der Waals surface area contributed by atoms with Gasteiger partial charge in [-0.1, -0.05) is 18.2 Å². The first-order valence-corrected chi connectivity index (χ1v) is 6.59. The Morgan fingerprint density at radius 3 is 2.36 bits per heavy atom. The van der Waals surface area contributed by atoms with Gasteiger partial charge in [-0.2, -0.15) is 5.26 Å². The Bertz CT molecular complexity index is 748. The maximum absolute atomic E-state index is 12.9. The van der Waals surface area contributed by atoms with Gasteiger partial charge in [0, 0.05) is 11.3 Å². The number of hydrogen-bond donors (Lipinski definition) is 1. The highest BCUT2D eigenvalue weighted by atomic mass is 19.1. The molecule has 0 bridgehead atoms. The van der Waals surface area contributed by atoms with Gasteiger partial charge in [-0.3, -0.25) is 9.59 Å². The van der Waals surface area contributed by atoms with Gasteiger partial charge in [0.05, 0.1) is 6.07 Å². The van der Waals surface area contributed by atoms with Crippen LogP contribution < -0.4 is 5.32 Å². The zero-order valence-electron chi connectivity index (χ0n) is 11.8. The number of ketones is 1. The molecule has 0 saturated carbocycles. The summed E-state index contributed by atoms with van der Waals surface area (Å²) in [6, 6.07) is 13.5. The van der Waals surface area contributed by atoms with Crippen LogP contribution >= 0.6 is 0 Å². The zero-order valence-corrected chi connectivity index (χ0v) is 11.8. The zero-order chi connectivity index (χ0) is 16.1. The third-order valence-corrected chi connectivity index (χ3v) is 3.19. The first-order chi connectivity index (χ1) is 10.5. The summed E-state index contributed by atoms with van der Waals surface area (Å²) in [6.45, 7) is 1.80. The number of Topliss-reactive ketones (excluding diaryl/α,β-unsaturated/α-hetero) is 1. The fraction of sp³-hybridized carbons (Fsp3) is 0.118. The van der Waals surface area contributed by atoms with E-state index in [4.69, 9.17) is 5.26 Å². The Morgan fingerprint density at radius 1 is 1.14 bits per heavy atom. The molecular formula is C17H13FN2O2. The van der Waals surface area contributed by atoms with Gasteiger partial charge in [0.25, 0.3) is 0 Å². The summed E-state index contributed by atoms with van der Waals surface area (Å²) >= 11 is 0. The fourth-order valence-corrected chi connectivity index (χ4v) is 1.94. The van der Waals surface area contributed by atoms with Gasteiger partial charge in [-0.25, -0.2) is 4.39 Å². The first kappa shape index (κ1) is 15.4. The molecule has 2 rings (SSSR count). The molecule has 0 aliphatic carbocycles. The summed E-state index contributed by atoms with van der Waals surface area (Å²) < 4.78 is 12.9. The van der Waals surface area contributed by atoms with Crippen molar-refractivity contribution in [1.29, 1.82) is 5.26 Å². The molecule has 0 spiro atoms. The molecule has 0 heterocycles. The van der Waals surface area contributed by atoms with Crippen LogP contribution in [0.5, 0.6) is 0 Å². The highest BCUT2D eigenvalue weighted by Gasteiger charge is 2.27. The molecule has 2 aromatic carbocycles. The molecule has 1 atom stereocenters. The summed E-state index contributed by atoms with van der Waals surface area (Å²) in [6.07, 6.45) is 0. The number of carbonyl (C=O) groups is 2. The highest BCUT2D eigenvalue weighted by molar-refractivity contribution is 6.15. The Morgan fingerprint density at radius 2 is 1.77 bits per heavy atom. The van der Waals surface area contributed by atoms with Crippen LogP contribution in [0, 0.1) is 30.0 Å². The quantitative estimate of drug-likeness (QED) is 0.696. The molecule has 2 aromatic rings. The maximum Gasteiger partial charge on any atom is 0.249 e. The van der Waals surface area contributed by atoms with Crippen molar-refractivity contribution in [2.75, 3.05) is 5.32 Å². The molecule has 0 fully saturated rings. The van der Waals surface area contributed by atoms with Crippen LogP contribution in [0.1, 0.15) is 15.9 Å². The number of carbonyl (C=O) groups excluding carboxylic acids is 2. The lowest BCUT2D eigenvalue weighted by molar-refractivity contribution is -0.117. The van der Waals surface area contributed by atoms with Crippen LogP contribution in [-0.4, -0.2) is 11.7 Å². The number of benzene rings is 2. The van der Waals surface area contributed by atoms with Crippen LogP contribution in [0.25, 0.3) is 0 Å². The third-order valence-electron chi connectivity index (χ3n) is 3.19. The van der Waals surface area contributed by atoms with E-state index >= 15 is 0 Å². The molecule has 5 heteroatoms. The van der Waals surface area contributed by atoms with Gasteiger partial charge >= 0.3 is 0 Å². The van der Waals surface area contributed by atoms with Crippen LogP contribution in [0.4, 0.5) is 10.1 Å². The van der Waals surface area contributed by atoms with E-state index in [1.54, 1.807) is 31.2 Å². The number of amides is 1. The lowest BCUT2D eigenvalue weighted by atomic mass is 9.98. The van der Waals surface area contributed by atoms with E-state index in [9.17, 15) is 14.0 Å². The van der Waals surface area contributed by atoms with Crippen molar-refractivity contribution in [1.82, 2.24) is 0 Å². The number of nitrogens with one attached hydrogen (secondary N) is 1. The van der Waals surface area contributed by atoms with E-state index in [1.807, 2.05) is 6.07 Å². The predicted molar refractivity (Wildman–Crippen MR) is 79.6 cm³/mol. The van der Waals surface area contributed by atoms with Gasteiger partial charge in [-0.15, -0.1) is 0 Å². The summed E-state index contributed by atoms with van der Waals surface area (Å²) in [5, 5.41) is 11.7. The lowest BCUT2D eigenvalue weighted by Gasteiger charge is -2.11. The van der Waals surface area contributed by atoms with Gasteiger partial charge in [0.1, 0.15) is 5.82 Å². The van der Waals surface area contributed by atoms with Crippen molar-refractivity contribution in [2.24, 2.45) is 5.92 Å². The number of rotatable bonds is 4. The fourth-order valence-electron chi connectivity index (χ4n) is 1.94. The van der Waals surface area contributed by atoms with E-state index in [0.717, 1.165) is 17.7 Å². The van der Waals surface area contributed by atoms with E-state index in [2.05, 4.69) is 5.32 Å². The van der Waals surface area contributed by atoms with Gasteiger partial charge in [0.2, 0.25) is 5.91 Å². The highest BCUT2D eigenvalue weighted by Crippen LogP contribution is 2.16.